The Morgan fingerprint density at radius 2 is 2.11 bits per heavy atom. The fourth-order valence-corrected chi connectivity index (χ4v) is 2.66. The van der Waals surface area contributed by atoms with Gasteiger partial charge in [0.1, 0.15) is 5.56 Å². The largest absolute Gasteiger partial charge is 0.347 e. The highest BCUT2D eigenvalue weighted by Gasteiger charge is 2.25. The number of hydrogen-bond acceptors (Lipinski definition) is 3. The van der Waals surface area contributed by atoms with Crippen molar-refractivity contribution in [1.29, 1.82) is 0 Å². The number of halogens is 1. The van der Waals surface area contributed by atoms with Gasteiger partial charge < -0.3 is 5.32 Å². The van der Waals surface area contributed by atoms with Crippen molar-refractivity contribution in [3.63, 3.8) is 0 Å². The van der Waals surface area contributed by atoms with Gasteiger partial charge in [0.25, 0.3) is 11.6 Å². The van der Waals surface area contributed by atoms with Crippen LogP contribution in [0.25, 0.3) is 0 Å². The van der Waals surface area contributed by atoms with Crippen LogP contribution >= 0.6 is 15.9 Å². The number of nitro groups is 1. The molecule has 0 radical (unpaired) electrons. The van der Waals surface area contributed by atoms with E-state index in [2.05, 4.69) is 21.2 Å². The van der Waals surface area contributed by atoms with Crippen molar-refractivity contribution in [3.8, 4) is 0 Å². The molecule has 0 aliphatic carbocycles. The molecule has 6 heteroatoms. The van der Waals surface area contributed by atoms with Gasteiger partial charge in [-0.15, -0.1) is 0 Å². The Morgan fingerprint density at radius 1 is 1.47 bits per heavy atom. The maximum absolute atomic E-state index is 12.2. The summed E-state index contributed by atoms with van der Waals surface area (Å²) in [6.45, 7) is 5.56. The number of alkyl halides is 1. The third kappa shape index (κ3) is 4.31. The highest BCUT2D eigenvalue weighted by Crippen LogP contribution is 2.21. The Labute approximate surface area is 120 Å². The first-order chi connectivity index (χ1) is 8.76. The molecule has 0 spiro atoms. The summed E-state index contributed by atoms with van der Waals surface area (Å²) in [6.07, 6.45) is 0.734. The van der Waals surface area contributed by atoms with E-state index in [9.17, 15) is 14.9 Å². The lowest BCUT2D eigenvalue weighted by molar-refractivity contribution is -0.385. The standard InChI is InChI=1S/C13H17BrN2O3/c1-9-4-5-11(16(18)19)10(8-9)12(17)15-13(2,3)6-7-14/h4-5,8H,6-7H2,1-3H3,(H,15,17). The van der Waals surface area contributed by atoms with Gasteiger partial charge in [-0.2, -0.15) is 0 Å². The van der Waals surface area contributed by atoms with Crippen molar-refractivity contribution in [1.82, 2.24) is 5.32 Å². The Balaban J connectivity index is 3.05. The highest BCUT2D eigenvalue weighted by atomic mass is 79.9. The smallest absolute Gasteiger partial charge is 0.282 e. The monoisotopic (exact) mass is 328 g/mol. The number of nitro benzene ring substituents is 1. The Bertz CT molecular complexity index is 501. The van der Waals surface area contributed by atoms with Crippen molar-refractivity contribution in [3.05, 3.63) is 39.4 Å². The first kappa shape index (κ1) is 15.6. The van der Waals surface area contributed by atoms with Crippen molar-refractivity contribution in [2.75, 3.05) is 5.33 Å². The quantitative estimate of drug-likeness (QED) is 0.512. The molecule has 0 saturated heterocycles. The van der Waals surface area contributed by atoms with E-state index in [0.29, 0.717) is 0 Å². The third-order valence-corrected chi connectivity index (χ3v) is 3.16. The van der Waals surface area contributed by atoms with E-state index >= 15 is 0 Å². The molecule has 1 N–H and O–H groups in total. The van der Waals surface area contributed by atoms with E-state index < -0.39 is 16.4 Å². The Morgan fingerprint density at radius 3 is 2.63 bits per heavy atom. The van der Waals surface area contributed by atoms with Crippen LogP contribution in [0, 0.1) is 17.0 Å². The van der Waals surface area contributed by atoms with E-state index in [4.69, 9.17) is 0 Å². The summed E-state index contributed by atoms with van der Waals surface area (Å²) in [5, 5.41) is 14.5. The van der Waals surface area contributed by atoms with Crippen molar-refractivity contribution in [2.24, 2.45) is 0 Å². The average molecular weight is 329 g/mol. The van der Waals surface area contributed by atoms with Crippen LogP contribution in [0.5, 0.6) is 0 Å². The molecule has 1 aromatic rings. The fourth-order valence-electron chi connectivity index (χ4n) is 1.66. The number of nitrogens with zero attached hydrogens (tertiary/aromatic N) is 1. The van der Waals surface area contributed by atoms with Crippen LogP contribution in [-0.2, 0) is 0 Å². The number of hydrogen-bond donors (Lipinski definition) is 1. The van der Waals surface area contributed by atoms with Gasteiger partial charge in [-0.05, 0) is 38.8 Å². The zero-order valence-electron chi connectivity index (χ0n) is 11.2. The van der Waals surface area contributed by atoms with E-state index in [1.54, 1.807) is 13.0 Å². The molecule has 0 aliphatic heterocycles. The van der Waals surface area contributed by atoms with Crippen LogP contribution in [0.15, 0.2) is 18.2 Å². The second-order valence-electron chi connectivity index (χ2n) is 5.05. The molecule has 0 fully saturated rings. The number of nitrogens with one attached hydrogen (secondary N) is 1. The van der Waals surface area contributed by atoms with Gasteiger partial charge in [0.05, 0.1) is 4.92 Å². The molecular weight excluding hydrogens is 312 g/mol. The SMILES string of the molecule is Cc1ccc([N+](=O)[O-])c(C(=O)NC(C)(C)CCBr)c1. The van der Waals surface area contributed by atoms with Crippen LogP contribution in [0.2, 0.25) is 0 Å². The second kappa shape index (κ2) is 6.14. The molecule has 0 aromatic heterocycles. The van der Waals surface area contributed by atoms with Crippen molar-refractivity contribution < 1.29 is 9.72 Å². The predicted molar refractivity (Wildman–Crippen MR) is 77.8 cm³/mol. The summed E-state index contributed by atoms with van der Waals surface area (Å²) < 4.78 is 0. The number of amides is 1. The molecule has 1 rings (SSSR count). The number of rotatable bonds is 5. The van der Waals surface area contributed by atoms with E-state index in [0.717, 1.165) is 17.3 Å². The molecule has 104 valence electrons. The molecule has 5 nitrogen and oxygen atoms in total. The summed E-state index contributed by atoms with van der Waals surface area (Å²) in [5.41, 5.74) is 0.331. The minimum Gasteiger partial charge on any atom is -0.347 e. The van der Waals surface area contributed by atoms with Gasteiger partial charge >= 0.3 is 0 Å². The molecule has 1 amide bonds. The molecule has 0 aliphatic rings. The van der Waals surface area contributed by atoms with Gasteiger partial charge in [0.2, 0.25) is 0 Å². The number of aryl methyl sites for hydroxylation is 1. The Kier molecular flexibility index (Phi) is 5.05. The van der Waals surface area contributed by atoms with Crippen molar-refractivity contribution >= 4 is 27.5 Å². The van der Waals surface area contributed by atoms with Gasteiger partial charge in [-0.25, -0.2) is 0 Å². The minimum absolute atomic E-state index is 0.104. The molecule has 0 heterocycles. The lowest BCUT2D eigenvalue weighted by Gasteiger charge is -2.25. The van der Waals surface area contributed by atoms with Crippen LogP contribution in [0.1, 0.15) is 36.2 Å². The molecule has 0 atom stereocenters. The van der Waals surface area contributed by atoms with Gasteiger partial charge in [0.15, 0.2) is 0 Å². The zero-order chi connectivity index (χ0) is 14.6. The van der Waals surface area contributed by atoms with E-state index in [1.165, 1.54) is 12.1 Å². The number of benzene rings is 1. The van der Waals surface area contributed by atoms with Crippen molar-refractivity contribution in [2.45, 2.75) is 32.7 Å². The molecular formula is C13H17BrN2O3. The third-order valence-electron chi connectivity index (χ3n) is 2.76. The summed E-state index contributed by atoms with van der Waals surface area (Å²) in [6, 6.07) is 4.53. The normalized spacial score (nSPS) is 11.2. The molecule has 19 heavy (non-hydrogen) atoms. The van der Waals surface area contributed by atoms with Crippen LogP contribution in [-0.4, -0.2) is 21.7 Å². The molecule has 1 aromatic carbocycles. The van der Waals surface area contributed by atoms with Crippen LogP contribution in [0.3, 0.4) is 0 Å². The predicted octanol–water partition coefficient (Wildman–Crippen LogP) is 3.20. The van der Waals surface area contributed by atoms with Crippen LogP contribution in [0.4, 0.5) is 5.69 Å². The summed E-state index contributed by atoms with van der Waals surface area (Å²) in [7, 11) is 0. The number of carbonyl (C=O) groups is 1. The maximum atomic E-state index is 12.2. The van der Waals surface area contributed by atoms with Gasteiger partial charge in [-0.3, -0.25) is 14.9 Å². The van der Waals surface area contributed by atoms with Gasteiger partial charge in [-0.1, -0.05) is 22.0 Å². The lowest BCUT2D eigenvalue weighted by atomic mass is 10.0. The Hall–Kier alpha value is -1.43. The molecule has 0 bridgehead atoms. The summed E-state index contributed by atoms with van der Waals surface area (Å²) in [4.78, 5) is 22.6. The van der Waals surface area contributed by atoms with E-state index in [1.807, 2.05) is 13.8 Å². The highest BCUT2D eigenvalue weighted by molar-refractivity contribution is 9.09. The van der Waals surface area contributed by atoms with Gasteiger partial charge in [0, 0.05) is 16.9 Å². The topological polar surface area (TPSA) is 72.2 Å². The first-order valence-corrected chi connectivity index (χ1v) is 7.02. The number of carbonyl (C=O) groups excluding carboxylic acids is 1. The molecule has 0 unspecified atom stereocenters. The second-order valence-corrected chi connectivity index (χ2v) is 5.85. The maximum Gasteiger partial charge on any atom is 0.282 e. The summed E-state index contributed by atoms with van der Waals surface area (Å²) >= 11 is 3.32. The summed E-state index contributed by atoms with van der Waals surface area (Å²) in [5.74, 6) is -0.415. The first-order valence-electron chi connectivity index (χ1n) is 5.90. The van der Waals surface area contributed by atoms with E-state index in [-0.39, 0.29) is 11.3 Å². The van der Waals surface area contributed by atoms with Crippen LogP contribution < -0.4 is 5.32 Å². The average Bonchev–Trinajstić information content (AvgIpc) is 2.27. The lowest BCUT2D eigenvalue weighted by Crippen LogP contribution is -2.43. The fraction of sp³-hybridized carbons (Fsp3) is 0.462. The molecule has 0 saturated carbocycles. The zero-order valence-corrected chi connectivity index (χ0v) is 12.8. The minimum atomic E-state index is -0.536.